The van der Waals surface area contributed by atoms with E-state index in [1.54, 1.807) is 18.3 Å². The van der Waals surface area contributed by atoms with Crippen LogP contribution in [-0.4, -0.2) is 30.0 Å². The summed E-state index contributed by atoms with van der Waals surface area (Å²) >= 11 is 5.01. The highest BCUT2D eigenvalue weighted by molar-refractivity contribution is 9.10. The summed E-state index contributed by atoms with van der Waals surface area (Å²) in [4.78, 5) is 17.6. The molecule has 1 saturated heterocycles. The van der Waals surface area contributed by atoms with Crippen LogP contribution in [0.15, 0.2) is 9.98 Å². The molecule has 0 atom stereocenters. The third-order valence-corrected chi connectivity index (χ3v) is 4.25. The predicted octanol–water partition coefficient (Wildman–Crippen LogP) is 2.01. The molecule has 1 amide bonds. The number of anilines is 1. The summed E-state index contributed by atoms with van der Waals surface area (Å²) in [6.45, 7) is 3.50. The van der Waals surface area contributed by atoms with Crippen LogP contribution < -0.4 is 10.2 Å². The number of thiazole rings is 1. The van der Waals surface area contributed by atoms with Gasteiger partial charge in [-0.1, -0.05) is 0 Å². The molecule has 1 N–H and O–H groups in total. The normalized spacial score (nSPS) is 17.5. The Morgan fingerprint density at radius 1 is 1.62 bits per heavy atom. The Hall–Kier alpha value is -0.620. The van der Waals surface area contributed by atoms with E-state index in [0.717, 1.165) is 35.7 Å². The monoisotopic (exact) mass is 303 g/mol. The zero-order valence-electron chi connectivity index (χ0n) is 9.07. The van der Waals surface area contributed by atoms with Crippen LogP contribution in [0.1, 0.15) is 19.8 Å². The van der Waals surface area contributed by atoms with Crippen LogP contribution in [0.3, 0.4) is 0 Å². The van der Waals surface area contributed by atoms with Crippen LogP contribution in [0.5, 0.6) is 0 Å². The first-order valence-corrected chi connectivity index (χ1v) is 6.95. The zero-order chi connectivity index (χ0) is 11.5. The van der Waals surface area contributed by atoms with E-state index in [-0.39, 0.29) is 5.91 Å². The third kappa shape index (κ3) is 2.95. The molecular formula is C10H14BrN3OS. The summed E-state index contributed by atoms with van der Waals surface area (Å²) in [6.07, 6.45) is 1.99. The number of nitrogens with zero attached hydrogens (tertiary/aromatic N) is 2. The smallest absolute Gasteiger partial charge is 0.217 e. The Balaban J connectivity index is 1.87. The second-order valence-corrected chi connectivity index (χ2v) is 5.56. The highest BCUT2D eigenvalue weighted by Crippen LogP contribution is 2.26. The number of nitrogens with one attached hydrogen (secondary N) is 1. The van der Waals surface area contributed by atoms with Crippen LogP contribution in [0.4, 0.5) is 5.13 Å². The lowest BCUT2D eigenvalue weighted by molar-refractivity contribution is -0.119. The van der Waals surface area contributed by atoms with E-state index in [9.17, 15) is 4.79 Å². The Morgan fingerprint density at radius 2 is 2.31 bits per heavy atom. The quantitative estimate of drug-likeness (QED) is 0.909. The number of carbonyl (C=O) groups excluding carboxylic acids is 1. The molecule has 0 aromatic carbocycles. The lowest BCUT2D eigenvalue weighted by Crippen LogP contribution is -2.44. The van der Waals surface area contributed by atoms with Gasteiger partial charge >= 0.3 is 0 Å². The molecule has 0 radical (unpaired) electrons. The average molecular weight is 304 g/mol. The van der Waals surface area contributed by atoms with Crippen molar-refractivity contribution in [3.05, 3.63) is 9.98 Å². The summed E-state index contributed by atoms with van der Waals surface area (Å²) in [5.41, 5.74) is 0. The maximum absolute atomic E-state index is 10.9. The number of carbonyl (C=O) groups is 1. The number of piperidine rings is 1. The summed E-state index contributed by atoms with van der Waals surface area (Å²) in [7, 11) is 0. The standard InChI is InChI=1S/C10H14BrN3OS/c1-7(15)12-8-2-4-14(5-3-8)10-13-9(11)6-16-10/h6,8H,2-5H2,1H3,(H,12,15). The van der Waals surface area contributed by atoms with Crippen molar-refractivity contribution in [3.63, 3.8) is 0 Å². The van der Waals surface area contributed by atoms with Crippen LogP contribution in [0, 0.1) is 0 Å². The SMILES string of the molecule is CC(=O)NC1CCN(c2nc(Br)cs2)CC1. The van der Waals surface area contributed by atoms with Gasteiger partial charge in [-0.3, -0.25) is 4.79 Å². The third-order valence-electron chi connectivity index (χ3n) is 2.64. The molecule has 0 spiro atoms. The van der Waals surface area contributed by atoms with Crippen LogP contribution in [-0.2, 0) is 4.79 Å². The van der Waals surface area contributed by atoms with Gasteiger partial charge in [0.05, 0.1) is 0 Å². The van der Waals surface area contributed by atoms with Gasteiger partial charge in [0.25, 0.3) is 0 Å². The average Bonchev–Trinajstić information content (AvgIpc) is 2.65. The van der Waals surface area contributed by atoms with Gasteiger partial charge in [0, 0.05) is 31.4 Å². The highest BCUT2D eigenvalue weighted by Gasteiger charge is 2.21. The van der Waals surface area contributed by atoms with Gasteiger partial charge < -0.3 is 10.2 Å². The van der Waals surface area contributed by atoms with Crippen molar-refractivity contribution in [2.24, 2.45) is 0 Å². The summed E-state index contributed by atoms with van der Waals surface area (Å²) in [5, 5.41) is 6.03. The predicted molar refractivity (Wildman–Crippen MR) is 68.9 cm³/mol. The molecule has 1 fully saturated rings. The summed E-state index contributed by atoms with van der Waals surface area (Å²) in [6, 6.07) is 0.331. The van der Waals surface area contributed by atoms with Crippen molar-refractivity contribution < 1.29 is 4.79 Å². The number of hydrogen-bond donors (Lipinski definition) is 1. The molecule has 0 aliphatic carbocycles. The van der Waals surface area contributed by atoms with Gasteiger partial charge in [0.2, 0.25) is 5.91 Å². The molecule has 1 aromatic heterocycles. The molecule has 0 saturated carbocycles. The van der Waals surface area contributed by atoms with Gasteiger partial charge in [0.15, 0.2) is 5.13 Å². The molecule has 2 heterocycles. The molecule has 4 nitrogen and oxygen atoms in total. The van der Waals surface area contributed by atoms with E-state index in [4.69, 9.17) is 0 Å². The van der Waals surface area contributed by atoms with Crippen LogP contribution >= 0.6 is 27.3 Å². The zero-order valence-corrected chi connectivity index (χ0v) is 11.5. The van der Waals surface area contributed by atoms with E-state index in [1.807, 2.05) is 5.38 Å². The maximum Gasteiger partial charge on any atom is 0.217 e. The van der Waals surface area contributed by atoms with Gasteiger partial charge in [-0.2, -0.15) is 0 Å². The highest BCUT2D eigenvalue weighted by atomic mass is 79.9. The minimum atomic E-state index is 0.0652. The number of hydrogen-bond acceptors (Lipinski definition) is 4. The molecule has 6 heteroatoms. The number of rotatable bonds is 2. The molecule has 0 bridgehead atoms. The van der Waals surface area contributed by atoms with Gasteiger partial charge in [-0.25, -0.2) is 4.98 Å². The fourth-order valence-electron chi connectivity index (χ4n) is 1.89. The Kier molecular flexibility index (Phi) is 3.81. The first-order valence-electron chi connectivity index (χ1n) is 5.28. The number of halogens is 1. The van der Waals surface area contributed by atoms with Crippen molar-refractivity contribution in [2.45, 2.75) is 25.8 Å². The Morgan fingerprint density at radius 3 is 2.81 bits per heavy atom. The molecular weight excluding hydrogens is 290 g/mol. The van der Waals surface area contributed by atoms with Crippen molar-refractivity contribution in [1.82, 2.24) is 10.3 Å². The molecule has 0 unspecified atom stereocenters. The molecule has 1 aliphatic rings. The lowest BCUT2D eigenvalue weighted by Gasteiger charge is -2.31. The van der Waals surface area contributed by atoms with E-state index < -0.39 is 0 Å². The molecule has 16 heavy (non-hydrogen) atoms. The Bertz CT molecular complexity index is 374. The fourth-order valence-corrected chi connectivity index (χ4v) is 3.20. The topological polar surface area (TPSA) is 45.2 Å². The van der Waals surface area contributed by atoms with E-state index >= 15 is 0 Å². The van der Waals surface area contributed by atoms with E-state index in [1.165, 1.54) is 0 Å². The minimum Gasteiger partial charge on any atom is -0.353 e. The number of aromatic nitrogens is 1. The first kappa shape index (κ1) is 11.9. The van der Waals surface area contributed by atoms with Crippen LogP contribution in [0.2, 0.25) is 0 Å². The second kappa shape index (κ2) is 5.14. The fraction of sp³-hybridized carbons (Fsp3) is 0.600. The molecule has 2 rings (SSSR count). The van der Waals surface area contributed by atoms with Gasteiger partial charge in [0.1, 0.15) is 4.60 Å². The minimum absolute atomic E-state index is 0.0652. The van der Waals surface area contributed by atoms with E-state index in [2.05, 4.69) is 31.1 Å². The second-order valence-electron chi connectivity index (χ2n) is 3.91. The van der Waals surface area contributed by atoms with Crippen LogP contribution in [0.25, 0.3) is 0 Å². The summed E-state index contributed by atoms with van der Waals surface area (Å²) in [5.74, 6) is 0.0652. The van der Waals surface area contributed by atoms with Crippen molar-refractivity contribution in [1.29, 1.82) is 0 Å². The van der Waals surface area contributed by atoms with Crippen molar-refractivity contribution in [3.8, 4) is 0 Å². The maximum atomic E-state index is 10.9. The molecule has 1 aromatic rings. The van der Waals surface area contributed by atoms with Crippen molar-refractivity contribution >= 4 is 38.3 Å². The van der Waals surface area contributed by atoms with Gasteiger partial charge in [-0.15, -0.1) is 11.3 Å². The lowest BCUT2D eigenvalue weighted by atomic mass is 10.1. The van der Waals surface area contributed by atoms with Gasteiger partial charge in [-0.05, 0) is 28.8 Å². The molecule has 1 aliphatic heterocycles. The Labute approximate surface area is 107 Å². The number of amides is 1. The largest absolute Gasteiger partial charge is 0.353 e. The first-order chi connectivity index (χ1) is 7.65. The summed E-state index contributed by atoms with van der Waals surface area (Å²) < 4.78 is 0.900. The van der Waals surface area contributed by atoms with Crippen molar-refractivity contribution in [2.75, 3.05) is 18.0 Å². The molecule has 88 valence electrons. The van der Waals surface area contributed by atoms with E-state index in [0.29, 0.717) is 6.04 Å².